The third-order valence-corrected chi connectivity index (χ3v) is 4.67. The predicted octanol–water partition coefficient (Wildman–Crippen LogP) is 2.25. The maximum atomic E-state index is 9.23. The van der Waals surface area contributed by atoms with Crippen LogP contribution < -0.4 is 0 Å². The molecular formula is C8H17O2P. The zero-order chi connectivity index (χ0) is 8.48. The van der Waals surface area contributed by atoms with E-state index in [0.717, 1.165) is 19.3 Å². The summed E-state index contributed by atoms with van der Waals surface area (Å²) in [5.74, 6) is 0.470. The molecule has 0 amide bonds. The van der Waals surface area contributed by atoms with Gasteiger partial charge >= 0.3 is 0 Å². The minimum atomic E-state index is -1.74. The lowest BCUT2D eigenvalue weighted by molar-refractivity contribution is 0.270. The first kappa shape index (κ1) is 9.44. The Balaban J connectivity index is 2.64. The van der Waals surface area contributed by atoms with Crippen LogP contribution in [0.3, 0.4) is 0 Å². The van der Waals surface area contributed by atoms with E-state index < -0.39 is 8.38 Å². The summed E-state index contributed by atoms with van der Waals surface area (Å²) < 4.78 is 0. The average molecular weight is 176 g/mol. The van der Waals surface area contributed by atoms with Crippen LogP contribution in [0.4, 0.5) is 0 Å². The summed E-state index contributed by atoms with van der Waals surface area (Å²) in [5.41, 5.74) is 0. The smallest absolute Gasteiger partial charge is 0.171 e. The molecule has 0 bridgehead atoms. The normalized spacial score (nSPS) is 39.5. The Morgan fingerprint density at radius 1 is 1.36 bits per heavy atom. The van der Waals surface area contributed by atoms with Crippen molar-refractivity contribution in [3.05, 3.63) is 0 Å². The summed E-state index contributed by atoms with van der Waals surface area (Å²) in [4.78, 5) is 18.5. The molecule has 0 radical (unpaired) electrons. The second-order valence-electron chi connectivity index (χ2n) is 3.79. The summed E-state index contributed by atoms with van der Waals surface area (Å²) in [6.45, 7) is 4.13. The zero-order valence-corrected chi connectivity index (χ0v) is 8.14. The molecule has 1 rings (SSSR count). The maximum Gasteiger partial charge on any atom is 0.171 e. The van der Waals surface area contributed by atoms with Gasteiger partial charge in [0.25, 0.3) is 0 Å². The lowest BCUT2D eigenvalue weighted by atomic mass is 9.81. The average Bonchev–Trinajstić information content (AvgIpc) is 1.95. The first-order valence-corrected chi connectivity index (χ1v) is 5.50. The van der Waals surface area contributed by atoms with Gasteiger partial charge in [0.1, 0.15) is 0 Å². The van der Waals surface area contributed by atoms with Crippen molar-refractivity contribution < 1.29 is 9.79 Å². The Kier molecular flexibility index (Phi) is 2.90. The molecule has 2 unspecified atom stereocenters. The molecule has 2 atom stereocenters. The quantitative estimate of drug-likeness (QED) is 0.601. The largest absolute Gasteiger partial charge is 0.350 e. The summed E-state index contributed by atoms with van der Waals surface area (Å²) in [7, 11) is -1.74. The van der Waals surface area contributed by atoms with Crippen LogP contribution in [0.1, 0.15) is 39.5 Å². The van der Waals surface area contributed by atoms with Gasteiger partial charge in [-0.1, -0.05) is 26.7 Å². The fourth-order valence-corrected chi connectivity index (χ4v) is 2.67. The third-order valence-electron chi connectivity index (χ3n) is 3.09. The molecule has 11 heavy (non-hydrogen) atoms. The number of rotatable bonds is 1. The third kappa shape index (κ3) is 1.74. The van der Waals surface area contributed by atoms with Gasteiger partial charge < -0.3 is 9.79 Å². The van der Waals surface area contributed by atoms with E-state index in [9.17, 15) is 9.79 Å². The topological polar surface area (TPSA) is 40.5 Å². The molecule has 0 aromatic carbocycles. The van der Waals surface area contributed by atoms with E-state index in [0.29, 0.717) is 5.92 Å². The molecule has 3 heteroatoms. The molecule has 0 saturated heterocycles. The summed E-state index contributed by atoms with van der Waals surface area (Å²) in [6, 6.07) is 0. The van der Waals surface area contributed by atoms with E-state index in [-0.39, 0.29) is 5.16 Å². The molecular weight excluding hydrogens is 159 g/mol. The van der Waals surface area contributed by atoms with E-state index in [2.05, 4.69) is 6.92 Å². The Morgan fingerprint density at radius 2 is 2.00 bits per heavy atom. The molecule has 0 heterocycles. The van der Waals surface area contributed by atoms with Gasteiger partial charge in [0.05, 0.1) is 0 Å². The van der Waals surface area contributed by atoms with Crippen LogP contribution in [0.25, 0.3) is 0 Å². The number of hydrogen-bond donors (Lipinski definition) is 2. The molecule has 2 N–H and O–H groups in total. The van der Waals surface area contributed by atoms with Crippen molar-refractivity contribution in [2.24, 2.45) is 5.92 Å². The highest BCUT2D eigenvalue weighted by Gasteiger charge is 2.39. The second-order valence-corrected chi connectivity index (χ2v) is 5.39. The van der Waals surface area contributed by atoms with E-state index in [1.165, 1.54) is 6.42 Å². The Labute approximate surface area is 69.5 Å². The lowest BCUT2D eigenvalue weighted by Crippen LogP contribution is -2.33. The van der Waals surface area contributed by atoms with Crippen LogP contribution in [0, 0.1) is 5.92 Å². The van der Waals surface area contributed by atoms with Crippen LogP contribution >= 0.6 is 8.38 Å². The monoisotopic (exact) mass is 176 g/mol. The van der Waals surface area contributed by atoms with Crippen molar-refractivity contribution in [3.8, 4) is 0 Å². The molecule has 1 saturated carbocycles. The molecule has 66 valence electrons. The van der Waals surface area contributed by atoms with Crippen molar-refractivity contribution in [2.75, 3.05) is 0 Å². The van der Waals surface area contributed by atoms with Crippen molar-refractivity contribution in [3.63, 3.8) is 0 Å². The molecule has 1 fully saturated rings. The molecule has 0 spiro atoms. The Morgan fingerprint density at radius 3 is 2.36 bits per heavy atom. The standard InChI is InChI=1S/C8H17O2P/c1-7-5-3-4-6-8(7,2)11(9)10/h7,9-10H,3-6H2,1-2H3. The van der Waals surface area contributed by atoms with Gasteiger partial charge in [0, 0.05) is 5.16 Å². The Bertz CT molecular complexity index is 138. The van der Waals surface area contributed by atoms with Crippen LogP contribution in [0.15, 0.2) is 0 Å². The fourth-order valence-electron chi connectivity index (χ4n) is 1.79. The van der Waals surface area contributed by atoms with E-state index in [1.807, 2.05) is 6.92 Å². The Hall–Kier alpha value is 0.350. The van der Waals surface area contributed by atoms with Crippen LogP contribution in [0.5, 0.6) is 0 Å². The van der Waals surface area contributed by atoms with Crippen LogP contribution in [-0.4, -0.2) is 14.9 Å². The first-order chi connectivity index (χ1) is 5.07. The summed E-state index contributed by atoms with van der Waals surface area (Å²) in [5, 5.41) is -0.187. The van der Waals surface area contributed by atoms with Crippen molar-refractivity contribution in [2.45, 2.75) is 44.7 Å². The van der Waals surface area contributed by atoms with Crippen LogP contribution in [-0.2, 0) is 0 Å². The lowest BCUT2D eigenvalue weighted by Gasteiger charge is -2.39. The molecule has 2 nitrogen and oxygen atoms in total. The maximum absolute atomic E-state index is 9.23. The second kappa shape index (κ2) is 3.38. The zero-order valence-electron chi connectivity index (χ0n) is 7.25. The van der Waals surface area contributed by atoms with Gasteiger partial charge in [-0.05, 0) is 18.8 Å². The van der Waals surface area contributed by atoms with E-state index in [4.69, 9.17) is 0 Å². The van der Waals surface area contributed by atoms with E-state index >= 15 is 0 Å². The van der Waals surface area contributed by atoms with Gasteiger partial charge in [-0.25, -0.2) is 0 Å². The van der Waals surface area contributed by atoms with Crippen molar-refractivity contribution >= 4 is 8.38 Å². The molecule has 0 aromatic rings. The summed E-state index contributed by atoms with van der Waals surface area (Å²) in [6.07, 6.45) is 4.53. The highest BCUT2D eigenvalue weighted by Crippen LogP contribution is 2.53. The molecule has 0 aliphatic heterocycles. The minimum Gasteiger partial charge on any atom is -0.350 e. The first-order valence-electron chi connectivity index (χ1n) is 4.25. The highest BCUT2D eigenvalue weighted by molar-refractivity contribution is 7.47. The molecule has 1 aliphatic rings. The summed E-state index contributed by atoms with van der Waals surface area (Å²) >= 11 is 0. The SMILES string of the molecule is CC1CCCCC1(C)P(O)O. The van der Waals surface area contributed by atoms with Gasteiger partial charge in [-0.15, -0.1) is 0 Å². The minimum absolute atomic E-state index is 0.187. The van der Waals surface area contributed by atoms with Gasteiger partial charge in [-0.3, -0.25) is 0 Å². The molecule has 1 aliphatic carbocycles. The predicted molar refractivity (Wildman–Crippen MR) is 47.4 cm³/mol. The number of hydrogen-bond acceptors (Lipinski definition) is 2. The van der Waals surface area contributed by atoms with Gasteiger partial charge in [0.15, 0.2) is 8.38 Å². The fraction of sp³-hybridized carbons (Fsp3) is 1.00. The van der Waals surface area contributed by atoms with Crippen LogP contribution in [0.2, 0.25) is 0 Å². The van der Waals surface area contributed by atoms with Gasteiger partial charge in [0.2, 0.25) is 0 Å². The highest BCUT2D eigenvalue weighted by atomic mass is 31.2. The van der Waals surface area contributed by atoms with E-state index in [1.54, 1.807) is 0 Å². The molecule has 0 aromatic heterocycles. The van der Waals surface area contributed by atoms with Crippen molar-refractivity contribution in [1.82, 2.24) is 0 Å². The van der Waals surface area contributed by atoms with Gasteiger partial charge in [-0.2, -0.15) is 0 Å². The van der Waals surface area contributed by atoms with Crippen molar-refractivity contribution in [1.29, 1.82) is 0 Å².